The van der Waals surface area contributed by atoms with Crippen molar-refractivity contribution >= 4 is 38.4 Å². The van der Waals surface area contributed by atoms with Crippen molar-refractivity contribution in [2.75, 3.05) is 0 Å². The second kappa shape index (κ2) is 17.3. The van der Waals surface area contributed by atoms with E-state index in [0.717, 1.165) is 43.4 Å². The molecular weight excluding hydrogens is 793 g/mol. The van der Waals surface area contributed by atoms with E-state index in [4.69, 9.17) is 4.98 Å². The van der Waals surface area contributed by atoms with Crippen molar-refractivity contribution in [1.82, 2.24) is 9.55 Å². The van der Waals surface area contributed by atoms with Crippen molar-refractivity contribution in [2.45, 2.75) is 114 Å². The van der Waals surface area contributed by atoms with E-state index in [2.05, 4.69) is 109 Å². The molecule has 3 aromatic carbocycles. The Morgan fingerprint density at radius 2 is 1.56 bits per heavy atom. The van der Waals surface area contributed by atoms with E-state index in [9.17, 15) is 9.90 Å². The van der Waals surface area contributed by atoms with Crippen LogP contribution in [0.4, 0.5) is 0 Å². The Hall–Kier alpha value is -3.27. The Morgan fingerprint density at radius 1 is 0.920 bits per heavy atom. The molecule has 0 aliphatic heterocycles. The van der Waals surface area contributed by atoms with Crippen molar-refractivity contribution in [2.24, 2.45) is 24.3 Å². The Morgan fingerprint density at radius 3 is 2.14 bits per heavy atom. The van der Waals surface area contributed by atoms with Gasteiger partial charge in [0.15, 0.2) is 5.78 Å². The molecule has 1 radical (unpaired) electrons. The average molecular weight is 852 g/mol. The SMILES string of the molecule is CCC(CC)C(=O)/C=C(\O)C(CC)CC.Cc1cc(C)c2c(C(C)C)cc(-c3nccc4c5ccc(CC(C)(C)C)cc5n(C)c34)[c-]c2c1.[Ir]. The molecule has 0 unspecified atom stereocenters. The monoisotopic (exact) mass is 852 g/mol. The fraction of sp³-hybridized carbons (Fsp3) is 0.467. The summed E-state index contributed by atoms with van der Waals surface area (Å²) in [5, 5.41) is 14.8. The number of fused-ring (bicyclic) bond motifs is 4. The van der Waals surface area contributed by atoms with Gasteiger partial charge in [-0.15, -0.1) is 29.1 Å². The summed E-state index contributed by atoms with van der Waals surface area (Å²) >= 11 is 0. The number of aromatic nitrogens is 2. The van der Waals surface area contributed by atoms with E-state index in [1.54, 1.807) is 0 Å². The second-order valence-electron chi connectivity index (χ2n) is 15.5. The van der Waals surface area contributed by atoms with Gasteiger partial charge in [0, 0.05) is 78.8 Å². The number of carbonyl (C=O) groups excluding carboxylic acids is 1. The van der Waals surface area contributed by atoms with Crippen LogP contribution in [0.25, 0.3) is 43.8 Å². The number of aliphatic hydroxyl groups is 1. The average Bonchev–Trinajstić information content (AvgIpc) is 3.32. The predicted molar refractivity (Wildman–Crippen MR) is 211 cm³/mol. The summed E-state index contributed by atoms with van der Waals surface area (Å²) in [6.45, 7) is 23.9. The third kappa shape index (κ3) is 9.14. The Labute approximate surface area is 315 Å². The minimum Gasteiger partial charge on any atom is -0.512 e. The summed E-state index contributed by atoms with van der Waals surface area (Å²) < 4.78 is 2.33. The molecule has 0 fully saturated rings. The predicted octanol–water partition coefficient (Wildman–Crippen LogP) is 12.5. The van der Waals surface area contributed by atoms with Crippen LogP contribution >= 0.6 is 0 Å². The van der Waals surface area contributed by atoms with Gasteiger partial charge >= 0.3 is 0 Å². The van der Waals surface area contributed by atoms with E-state index in [1.807, 2.05) is 33.9 Å². The molecule has 5 aromatic rings. The van der Waals surface area contributed by atoms with Gasteiger partial charge in [0.25, 0.3) is 0 Å². The van der Waals surface area contributed by atoms with E-state index in [-0.39, 0.29) is 48.9 Å². The molecule has 0 saturated heterocycles. The number of rotatable bonds is 10. The summed E-state index contributed by atoms with van der Waals surface area (Å²) in [5.41, 5.74) is 10.1. The first-order valence-corrected chi connectivity index (χ1v) is 18.4. The zero-order chi connectivity index (χ0) is 36.2. The van der Waals surface area contributed by atoms with Crippen molar-refractivity contribution in [3.63, 3.8) is 0 Å². The van der Waals surface area contributed by atoms with Crippen LogP contribution in [0.5, 0.6) is 0 Å². The second-order valence-corrected chi connectivity index (χ2v) is 15.5. The zero-order valence-electron chi connectivity index (χ0n) is 32.5. The Balaban J connectivity index is 0.000000361. The van der Waals surface area contributed by atoms with Gasteiger partial charge in [-0.1, -0.05) is 103 Å². The molecule has 5 rings (SSSR count). The number of pyridine rings is 1. The number of hydrogen-bond acceptors (Lipinski definition) is 3. The van der Waals surface area contributed by atoms with Crippen LogP contribution in [-0.2, 0) is 38.4 Å². The molecule has 0 saturated carbocycles. The van der Waals surface area contributed by atoms with Crippen LogP contribution in [0, 0.1) is 37.2 Å². The molecule has 1 N–H and O–H groups in total. The smallest absolute Gasteiger partial charge is 0.162 e. The number of benzene rings is 3. The van der Waals surface area contributed by atoms with Crippen LogP contribution in [0.15, 0.2) is 60.5 Å². The molecule has 50 heavy (non-hydrogen) atoms. The first-order valence-electron chi connectivity index (χ1n) is 18.4. The molecule has 0 aliphatic rings. The molecule has 2 heterocycles. The fourth-order valence-corrected chi connectivity index (χ4v) is 7.35. The molecule has 4 nitrogen and oxygen atoms in total. The first kappa shape index (κ1) is 41.2. The van der Waals surface area contributed by atoms with Crippen LogP contribution in [0.2, 0.25) is 0 Å². The largest absolute Gasteiger partial charge is 0.512 e. The third-order valence-electron chi connectivity index (χ3n) is 10.0. The third-order valence-corrected chi connectivity index (χ3v) is 10.0. The van der Waals surface area contributed by atoms with Gasteiger partial charge in [0.1, 0.15) is 0 Å². The number of hydrogen-bond donors (Lipinski definition) is 1. The van der Waals surface area contributed by atoms with Crippen LogP contribution in [0.1, 0.15) is 116 Å². The van der Waals surface area contributed by atoms with Gasteiger partial charge in [-0.05, 0) is 75.0 Å². The molecular formula is C45H59IrN2O2-. The molecule has 0 spiro atoms. The minimum atomic E-state index is 0. The number of allylic oxidation sites excluding steroid dienone is 2. The topological polar surface area (TPSA) is 55.1 Å². The van der Waals surface area contributed by atoms with Crippen LogP contribution < -0.4 is 0 Å². The minimum absolute atomic E-state index is 0. The molecule has 2 aromatic heterocycles. The maximum atomic E-state index is 11.7. The van der Waals surface area contributed by atoms with Gasteiger partial charge in [0.2, 0.25) is 0 Å². The standard InChI is InChI=1S/C32H35N2.C13H24O2.Ir/c1-19(2)27-17-24(16-23-14-20(3)13-21(4)29(23)27)30-31-26(11-12-33-30)25-10-9-22(18-32(5,6)7)15-28(25)34(31)8;1-5-10(6-2)12(14)9-13(15)11(7-3)8-4;/h9-15,17,19H,18H2,1-8H3;9-11,14H,5-8H2,1-4H3;/q-1;;/b;12-9-;. The molecule has 0 amide bonds. The number of carbonyl (C=O) groups is 1. The van der Waals surface area contributed by atoms with E-state index in [0.29, 0.717) is 5.92 Å². The molecule has 0 bridgehead atoms. The summed E-state index contributed by atoms with van der Waals surface area (Å²) in [4.78, 5) is 16.6. The molecule has 5 heteroatoms. The van der Waals surface area contributed by atoms with Crippen molar-refractivity contribution in [1.29, 1.82) is 0 Å². The maximum Gasteiger partial charge on any atom is 0.162 e. The summed E-state index contributed by atoms with van der Waals surface area (Å²) in [6, 6.07) is 19.7. The van der Waals surface area contributed by atoms with E-state index >= 15 is 0 Å². The summed E-state index contributed by atoms with van der Waals surface area (Å²) in [7, 11) is 2.18. The van der Waals surface area contributed by atoms with Gasteiger partial charge in [0.05, 0.1) is 5.76 Å². The van der Waals surface area contributed by atoms with Gasteiger partial charge in [-0.2, -0.15) is 0 Å². The zero-order valence-corrected chi connectivity index (χ0v) is 34.9. The number of ketones is 1. The normalized spacial score (nSPS) is 12.3. The van der Waals surface area contributed by atoms with Gasteiger partial charge < -0.3 is 9.67 Å². The van der Waals surface area contributed by atoms with Gasteiger partial charge in [-0.3, -0.25) is 9.78 Å². The van der Waals surface area contributed by atoms with E-state index in [1.165, 1.54) is 60.9 Å². The first-order chi connectivity index (χ1) is 23.1. The Bertz CT molecular complexity index is 1970. The van der Waals surface area contributed by atoms with Crippen molar-refractivity contribution in [3.8, 4) is 11.3 Å². The summed E-state index contributed by atoms with van der Waals surface area (Å²) in [6.07, 6.45) is 7.92. The van der Waals surface area contributed by atoms with Crippen molar-refractivity contribution < 1.29 is 30.0 Å². The molecule has 0 aliphatic carbocycles. The number of aryl methyl sites for hydroxylation is 3. The molecule has 271 valence electrons. The fourth-order valence-electron chi connectivity index (χ4n) is 7.35. The number of nitrogens with zero attached hydrogens (tertiary/aromatic N) is 2. The quantitative estimate of drug-likeness (QED) is 0.0865. The molecule has 0 atom stereocenters. The van der Waals surface area contributed by atoms with E-state index < -0.39 is 0 Å². The summed E-state index contributed by atoms with van der Waals surface area (Å²) in [5.74, 6) is 0.968. The van der Waals surface area contributed by atoms with Crippen molar-refractivity contribution in [3.05, 3.63) is 88.8 Å². The Kier molecular flexibility index (Phi) is 14.2. The van der Waals surface area contributed by atoms with Crippen LogP contribution in [0.3, 0.4) is 0 Å². The van der Waals surface area contributed by atoms with Crippen LogP contribution in [-0.4, -0.2) is 20.4 Å². The maximum absolute atomic E-state index is 11.7. The van der Waals surface area contributed by atoms with Gasteiger partial charge in [-0.25, -0.2) is 0 Å². The number of aliphatic hydroxyl groups excluding tert-OH is 1.